The Morgan fingerprint density at radius 1 is 1.29 bits per heavy atom. The molecule has 2 heterocycles. The smallest absolute Gasteiger partial charge is 0.277 e. The molecule has 1 aromatic carbocycles. The number of hydrogen-bond acceptors (Lipinski definition) is 5. The van der Waals surface area contributed by atoms with E-state index in [2.05, 4.69) is 14.7 Å². The fraction of sp³-hybridized carbons (Fsp3) is 0. The summed E-state index contributed by atoms with van der Waals surface area (Å²) >= 11 is 8.22. The maximum Gasteiger partial charge on any atom is 0.277 e. The number of hydrogen-bond donors (Lipinski definition) is 2. The van der Waals surface area contributed by atoms with Gasteiger partial charge in [-0.1, -0.05) is 23.1 Å². The number of anilines is 1. The van der Waals surface area contributed by atoms with Crippen molar-refractivity contribution >= 4 is 46.1 Å². The third kappa shape index (κ3) is 2.90. The van der Waals surface area contributed by atoms with E-state index in [1.165, 1.54) is 0 Å². The fourth-order valence-electron chi connectivity index (χ4n) is 1.69. The lowest BCUT2D eigenvalue weighted by Crippen LogP contribution is -2.11. The number of thiazole rings is 1. The van der Waals surface area contributed by atoms with E-state index in [0.717, 1.165) is 22.1 Å². The average molecular weight is 338 g/mol. The van der Waals surface area contributed by atoms with E-state index >= 15 is 0 Å². The molecule has 0 aliphatic carbocycles. The molecule has 0 fully saturated rings. The molecule has 21 heavy (non-hydrogen) atoms. The zero-order valence-corrected chi connectivity index (χ0v) is 12.8. The van der Waals surface area contributed by atoms with Crippen LogP contribution in [0.3, 0.4) is 0 Å². The molecule has 3 aromatic rings. The van der Waals surface area contributed by atoms with Crippen LogP contribution in [0.25, 0.3) is 10.6 Å². The minimum atomic E-state index is -0.453. The molecule has 2 aromatic heterocycles. The monoisotopic (exact) mass is 337 g/mol. The van der Waals surface area contributed by atoms with E-state index in [1.807, 2.05) is 17.5 Å². The van der Waals surface area contributed by atoms with Gasteiger partial charge in [-0.3, -0.25) is 14.0 Å². The quantitative estimate of drug-likeness (QED) is 0.768. The Bertz CT molecular complexity index is 822. The summed E-state index contributed by atoms with van der Waals surface area (Å²) in [5.74, 6) is -0.412. The van der Waals surface area contributed by atoms with Crippen molar-refractivity contribution < 1.29 is 4.79 Å². The molecule has 0 atom stereocenters. The first-order valence-electron chi connectivity index (χ1n) is 5.83. The van der Waals surface area contributed by atoms with Gasteiger partial charge < -0.3 is 5.32 Å². The summed E-state index contributed by atoms with van der Waals surface area (Å²) in [7, 11) is 0. The number of carbonyl (C=O) groups excluding carboxylic acids is 1. The fourth-order valence-corrected chi connectivity index (χ4v) is 3.26. The number of aromatic nitrogens is 2. The van der Waals surface area contributed by atoms with E-state index in [1.54, 1.807) is 29.7 Å². The molecular weight excluding hydrogens is 330 g/mol. The maximum absolute atomic E-state index is 12.0. The highest BCUT2D eigenvalue weighted by atomic mass is 35.5. The first-order valence-corrected chi connectivity index (χ1v) is 7.91. The molecule has 1 amide bonds. The Morgan fingerprint density at radius 2 is 2.05 bits per heavy atom. The van der Waals surface area contributed by atoms with E-state index < -0.39 is 11.5 Å². The summed E-state index contributed by atoms with van der Waals surface area (Å²) in [6, 6.07) is 7.29. The molecule has 0 aliphatic heterocycles. The molecule has 106 valence electrons. The molecule has 0 saturated carbocycles. The van der Waals surface area contributed by atoms with Gasteiger partial charge >= 0.3 is 0 Å². The van der Waals surface area contributed by atoms with Crippen LogP contribution in [0.4, 0.5) is 5.69 Å². The van der Waals surface area contributed by atoms with Crippen molar-refractivity contribution in [2.24, 2.45) is 0 Å². The van der Waals surface area contributed by atoms with Gasteiger partial charge in [-0.05, 0) is 24.3 Å². The number of halogens is 1. The van der Waals surface area contributed by atoms with Gasteiger partial charge in [-0.25, -0.2) is 4.98 Å². The normalized spacial score (nSPS) is 10.5. The highest BCUT2D eigenvalue weighted by Crippen LogP contribution is 2.24. The molecule has 0 bridgehead atoms. The van der Waals surface area contributed by atoms with Gasteiger partial charge in [0.05, 0.1) is 0 Å². The number of nitrogens with one attached hydrogen (secondary N) is 2. The number of amides is 1. The Morgan fingerprint density at radius 3 is 2.62 bits per heavy atom. The molecule has 0 spiro atoms. The number of benzene rings is 1. The van der Waals surface area contributed by atoms with E-state index in [-0.39, 0.29) is 9.90 Å². The SMILES string of the molecule is O=C(Nc1ccc(-c2nccs2)cc1)c1s[nH]c(=O)c1Cl. The Balaban J connectivity index is 1.78. The van der Waals surface area contributed by atoms with Crippen molar-refractivity contribution in [2.75, 3.05) is 5.32 Å². The van der Waals surface area contributed by atoms with Gasteiger partial charge in [0, 0.05) is 22.8 Å². The van der Waals surface area contributed by atoms with Crippen LogP contribution in [0, 0.1) is 0 Å². The van der Waals surface area contributed by atoms with Crippen LogP contribution in [0.1, 0.15) is 9.67 Å². The van der Waals surface area contributed by atoms with Crippen LogP contribution in [0.5, 0.6) is 0 Å². The van der Waals surface area contributed by atoms with Crippen LogP contribution < -0.4 is 10.9 Å². The first-order chi connectivity index (χ1) is 10.1. The summed E-state index contributed by atoms with van der Waals surface area (Å²) in [6.45, 7) is 0. The van der Waals surface area contributed by atoms with Gasteiger partial charge in [0.25, 0.3) is 11.5 Å². The second-order valence-electron chi connectivity index (χ2n) is 4.05. The van der Waals surface area contributed by atoms with E-state index in [0.29, 0.717) is 5.69 Å². The summed E-state index contributed by atoms with van der Waals surface area (Å²) in [6.07, 6.45) is 1.74. The lowest BCUT2D eigenvalue weighted by atomic mass is 10.2. The van der Waals surface area contributed by atoms with E-state index in [9.17, 15) is 9.59 Å². The van der Waals surface area contributed by atoms with Gasteiger partial charge in [0.1, 0.15) is 14.9 Å². The van der Waals surface area contributed by atoms with Gasteiger partial charge in [0.2, 0.25) is 0 Å². The predicted molar refractivity (Wildman–Crippen MR) is 85.5 cm³/mol. The molecule has 5 nitrogen and oxygen atoms in total. The topological polar surface area (TPSA) is 74.8 Å². The van der Waals surface area contributed by atoms with Crippen LogP contribution in [-0.4, -0.2) is 15.3 Å². The van der Waals surface area contributed by atoms with E-state index in [4.69, 9.17) is 11.6 Å². The van der Waals surface area contributed by atoms with Crippen LogP contribution >= 0.6 is 34.5 Å². The number of nitrogens with zero attached hydrogens (tertiary/aromatic N) is 1. The standard InChI is InChI=1S/C13H8ClN3O2S2/c14-9-10(21-17-11(9)18)12(19)16-8-3-1-7(2-4-8)13-15-5-6-20-13/h1-6H,(H,16,19)(H,17,18). The van der Waals surface area contributed by atoms with Crippen molar-refractivity contribution in [3.05, 3.63) is 56.1 Å². The number of carbonyl (C=O) groups is 1. The van der Waals surface area contributed by atoms with Gasteiger partial charge in [0.15, 0.2) is 0 Å². The molecule has 8 heteroatoms. The highest BCUT2D eigenvalue weighted by molar-refractivity contribution is 7.13. The molecular formula is C13H8ClN3O2S2. The average Bonchev–Trinajstić information content (AvgIpc) is 3.11. The minimum Gasteiger partial charge on any atom is -0.321 e. The summed E-state index contributed by atoms with van der Waals surface area (Å²) in [4.78, 5) is 27.6. The summed E-state index contributed by atoms with van der Waals surface area (Å²) in [5, 5.41) is 5.43. The number of aromatic amines is 1. The highest BCUT2D eigenvalue weighted by Gasteiger charge is 2.16. The second-order valence-corrected chi connectivity index (χ2v) is 6.13. The molecule has 0 unspecified atom stereocenters. The Kier molecular flexibility index (Phi) is 3.87. The van der Waals surface area contributed by atoms with Crippen molar-refractivity contribution in [1.82, 2.24) is 9.36 Å². The summed E-state index contributed by atoms with van der Waals surface area (Å²) < 4.78 is 2.42. The summed E-state index contributed by atoms with van der Waals surface area (Å²) in [5.41, 5.74) is 1.15. The third-order valence-electron chi connectivity index (χ3n) is 2.67. The molecule has 3 rings (SSSR count). The Hall–Kier alpha value is -1.96. The molecule has 0 aliphatic rings. The number of H-pyrrole nitrogens is 1. The third-order valence-corrected chi connectivity index (χ3v) is 4.85. The van der Waals surface area contributed by atoms with Crippen LogP contribution in [-0.2, 0) is 0 Å². The lowest BCUT2D eigenvalue weighted by molar-refractivity contribution is 0.103. The van der Waals surface area contributed by atoms with Gasteiger partial charge in [-0.15, -0.1) is 11.3 Å². The predicted octanol–water partition coefficient (Wildman–Crippen LogP) is 3.47. The first kappa shape index (κ1) is 14.0. The van der Waals surface area contributed by atoms with Gasteiger partial charge in [-0.2, -0.15) is 0 Å². The van der Waals surface area contributed by atoms with Crippen LogP contribution in [0.2, 0.25) is 5.02 Å². The zero-order chi connectivity index (χ0) is 14.8. The largest absolute Gasteiger partial charge is 0.321 e. The number of rotatable bonds is 3. The zero-order valence-electron chi connectivity index (χ0n) is 10.4. The lowest BCUT2D eigenvalue weighted by Gasteiger charge is -2.04. The molecule has 0 saturated heterocycles. The van der Waals surface area contributed by atoms with Crippen molar-refractivity contribution in [3.63, 3.8) is 0 Å². The molecule has 2 N–H and O–H groups in total. The van der Waals surface area contributed by atoms with Crippen molar-refractivity contribution in [3.8, 4) is 10.6 Å². The van der Waals surface area contributed by atoms with Crippen LogP contribution in [0.15, 0.2) is 40.6 Å². The minimum absolute atomic E-state index is 0.0862. The van der Waals surface area contributed by atoms with Crippen molar-refractivity contribution in [1.29, 1.82) is 0 Å². The Labute approximate surface area is 132 Å². The second kappa shape index (κ2) is 5.80. The van der Waals surface area contributed by atoms with Crippen molar-refractivity contribution in [2.45, 2.75) is 0 Å². The molecule has 0 radical (unpaired) electrons. The maximum atomic E-state index is 12.0.